The van der Waals surface area contributed by atoms with Crippen LogP contribution in [-0.4, -0.2) is 18.4 Å². The smallest absolute Gasteiger partial charge is 0.291 e. The Morgan fingerprint density at radius 1 is 1.00 bits per heavy atom. The summed E-state index contributed by atoms with van der Waals surface area (Å²) in [7, 11) is 0. The van der Waals surface area contributed by atoms with Crippen molar-refractivity contribution in [3.8, 4) is 5.75 Å². The summed E-state index contributed by atoms with van der Waals surface area (Å²) in [6, 6.07) is 18.4. The molecule has 1 aromatic heterocycles. The van der Waals surface area contributed by atoms with Crippen molar-refractivity contribution < 1.29 is 18.7 Å². The number of hydrogen-bond acceptors (Lipinski definition) is 4. The van der Waals surface area contributed by atoms with Crippen molar-refractivity contribution in [3.63, 3.8) is 0 Å². The highest BCUT2D eigenvalue weighted by Gasteiger charge is 2.09. The first-order valence-electron chi connectivity index (χ1n) is 9.56. The number of rotatable bonds is 9. The van der Waals surface area contributed by atoms with E-state index >= 15 is 0 Å². The molecule has 0 aliphatic carbocycles. The van der Waals surface area contributed by atoms with E-state index in [-0.39, 0.29) is 17.6 Å². The van der Waals surface area contributed by atoms with Crippen LogP contribution in [0.2, 0.25) is 0 Å². The van der Waals surface area contributed by atoms with Gasteiger partial charge in [-0.25, -0.2) is 0 Å². The molecule has 1 heterocycles. The highest BCUT2D eigenvalue weighted by molar-refractivity contribution is 6.02. The maximum absolute atomic E-state index is 12.2. The first-order chi connectivity index (χ1) is 14.1. The Kier molecular flexibility index (Phi) is 7.05. The van der Waals surface area contributed by atoms with Gasteiger partial charge in [0.15, 0.2) is 5.76 Å². The number of amides is 2. The lowest BCUT2D eigenvalue weighted by Gasteiger charge is -2.09. The fourth-order valence-electron chi connectivity index (χ4n) is 2.83. The maximum Gasteiger partial charge on any atom is 0.291 e. The van der Waals surface area contributed by atoms with Crippen LogP contribution in [0.15, 0.2) is 71.3 Å². The van der Waals surface area contributed by atoms with Gasteiger partial charge in [0.2, 0.25) is 5.91 Å². The van der Waals surface area contributed by atoms with Crippen molar-refractivity contribution >= 4 is 17.5 Å². The summed E-state index contributed by atoms with van der Waals surface area (Å²) in [5, 5.41) is 5.69. The second-order valence-corrected chi connectivity index (χ2v) is 6.49. The highest BCUT2D eigenvalue weighted by atomic mass is 16.5. The minimum absolute atomic E-state index is 0.0242. The molecule has 0 unspecified atom stereocenters. The average Bonchev–Trinajstić information content (AvgIpc) is 3.27. The van der Waals surface area contributed by atoms with E-state index in [4.69, 9.17) is 9.15 Å². The van der Waals surface area contributed by atoms with Gasteiger partial charge in [-0.2, -0.15) is 0 Å². The Hall–Kier alpha value is -3.54. The van der Waals surface area contributed by atoms with E-state index in [1.165, 1.54) is 6.26 Å². The number of anilines is 1. The van der Waals surface area contributed by atoms with E-state index in [0.717, 1.165) is 16.9 Å². The third kappa shape index (κ3) is 6.24. The number of hydrogen-bond donors (Lipinski definition) is 2. The molecule has 3 aromatic rings. The molecule has 0 spiro atoms. The molecule has 0 bridgehead atoms. The SMILES string of the molecule is CCOc1ccc(CCC(=O)NCc2cccc(NC(=O)c3ccco3)c2)cc1. The molecule has 0 atom stereocenters. The molecule has 3 rings (SSSR count). The third-order valence-corrected chi connectivity index (χ3v) is 4.29. The Labute approximate surface area is 169 Å². The summed E-state index contributed by atoms with van der Waals surface area (Å²) >= 11 is 0. The summed E-state index contributed by atoms with van der Waals surface area (Å²) in [4.78, 5) is 24.2. The summed E-state index contributed by atoms with van der Waals surface area (Å²) in [6.45, 7) is 2.98. The molecule has 0 aliphatic rings. The zero-order valence-corrected chi connectivity index (χ0v) is 16.3. The van der Waals surface area contributed by atoms with Crippen LogP contribution >= 0.6 is 0 Å². The van der Waals surface area contributed by atoms with E-state index in [2.05, 4.69) is 10.6 Å². The molecule has 0 saturated heterocycles. The predicted molar refractivity (Wildman–Crippen MR) is 111 cm³/mol. The van der Waals surface area contributed by atoms with Gasteiger partial charge in [-0.05, 0) is 60.9 Å². The number of carbonyl (C=O) groups excluding carboxylic acids is 2. The number of benzene rings is 2. The van der Waals surface area contributed by atoms with Crippen molar-refractivity contribution in [2.24, 2.45) is 0 Å². The lowest BCUT2D eigenvalue weighted by atomic mass is 10.1. The van der Waals surface area contributed by atoms with Crippen LogP contribution in [0.5, 0.6) is 5.75 Å². The molecule has 150 valence electrons. The Morgan fingerprint density at radius 3 is 2.55 bits per heavy atom. The second kappa shape index (κ2) is 10.1. The standard InChI is InChI=1S/C23H24N2O4/c1-2-28-20-11-8-17(9-12-20)10-13-22(26)24-16-18-5-3-6-19(15-18)25-23(27)21-7-4-14-29-21/h3-9,11-12,14-15H,2,10,13,16H2,1H3,(H,24,26)(H,25,27). The Balaban J connectivity index is 1.45. The van der Waals surface area contributed by atoms with Gasteiger partial charge in [-0.15, -0.1) is 0 Å². The van der Waals surface area contributed by atoms with Crippen molar-refractivity contribution in [2.45, 2.75) is 26.3 Å². The van der Waals surface area contributed by atoms with Crippen LogP contribution in [0.1, 0.15) is 35.0 Å². The summed E-state index contributed by atoms with van der Waals surface area (Å²) < 4.78 is 10.5. The number of carbonyl (C=O) groups is 2. The lowest BCUT2D eigenvalue weighted by molar-refractivity contribution is -0.121. The average molecular weight is 392 g/mol. The highest BCUT2D eigenvalue weighted by Crippen LogP contribution is 2.14. The number of ether oxygens (including phenoxy) is 1. The molecule has 0 radical (unpaired) electrons. The van der Waals surface area contributed by atoms with Crippen LogP contribution in [0.3, 0.4) is 0 Å². The van der Waals surface area contributed by atoms with E-state index in [9.17, 15) is 9.59 Å². The first kappa shape index (κ1) is 20.2. The fourth-order valence-corrected chi connectivity index (χ4v) is 2.83. The van der Waals surface area contributed by atoms with Gasteiger partial charge in [0, 0.05) is 18.7 Å². The zero-order valence-electron chi connectivity index (χ0n) is 16.3. The molecule has 6 nitrogen and oxygen atoms in total. The predicted octanol–water partition coefficient (Wildman–Crippen LogP) is 4.18. The largest absolute Gasteiger partial charge is 0.494 e. The number of aryl methyl sites for hydroxylation is 1. The molecule has 0 fully saturated rings. The van der Waals surface area contributed by atoms with Gasteiger partial charge in [-0.3, -0.25) is 9.59 Å². The van der Waals surface area contributed by atoms with Gasteiger partial charge >= 0.3 is 0 Å². The van der Waals surface area contributed by atoms with E-state index in [1.807, 2.05) is 49.4 Å². The quantitative estimate of drug-likeness (QED) is 0.572. The normalized spacial score (nSPS) is 10.4. The van der Waals surface area contributed by atoms with Crippen molar-refractivity contribution in [2.75, 3.05) is 11.9 Å². The molecule has 2 amide bonds. The maximum atomic E-state index is 12.2. The van der Waals surface area contributed by atoms with Crippen LogP contribution < -0.4 is 15.4 Å². The minimum Gasteiger partial charge on any atom is -0.494 e. The van der Waals surface area contributed by atoms with Crippen LogP contribution in [-0.2, 0) is 17.8 Å². The summed E-state index contributed by atoms with van der Waals surface area (Å²) in [5.74, 6) is 0.744. The Bertz CT molecular complexity index is 934. The molecular formula is C23H24N2O4. The van der Waals surface area contributed by atoms with Crippen molar-refractivity contribution in [3.05, 3.63) is 83.8 Å². The molecule has 0 saturated carbocycles. The van der Waals surface area contributed by atoms with Crippen molar-refractivity contribution in [1.29, 1.82) is 0 Å². The van der Waals surface area contributed by atoms with Gasteiger partial charge in [0.1, 0.15) is 5.75 Å². The lowest BCUT2D eigenvalue weighted by Crippen LogP contribution is -2.23. The molecule has 2 aromatic carbocycles. The molecule has 0 aliphatic heterocycles. The minimum atomic E-state index is -0.313. The van der Waals surface area contributed by atoms with Gasteiger partial charge in [0.25, 0.3) is 5.91 Å². The van der Waals surface area contributed by atoms with Gasteiger partial charge < -0.3 is 19.8 Å². The fraction of sp³-hybridized carbons (Fsp3) is 0.217. The monoisotopic (exact) mass is 392 g/mol. The topological polar surface area (TPSA) is 80.6 Å². The van der Waals surface area contributed by atoms with Gasteiger partial charge in [-0.1, -0.05) is 24.3 Å². The van der Waals surface area contributed by atoms with E-state index in [0.29, 0.717) is 31.7 Å². The third-order valence-electron chi connectivity index (χ3n) is 4.29. The van der Waals surface area contributed by atoms with Crippen LogP contribution in [0, 0.1) is 0 Å². The van der Waals surface area contributed by atoms with Crippen LogP contribution in [0.4, 0.5) is 5.69 Å². The molecule has 2 N–H and O–H groups in total. The van der Waals surface area contributed by atoms with E-state index < -0.39 is 0 Å². The van der Waals surface area contributed by atoms with Crippen LogP contribution in [0.25, 0.3) is 0 Å². The first-order valence-corrected chi connectivity index (χ1v) is 9.56. The van der Waals surface area contributed by atoms with Crippen molar-refractivity contribution in [1.82, 2.24) is 5.32 Å². The van der Waals surface area contributed by atoms with E-state index in [1.54, 1.807) is 18.2 Å². The second-order valence-electron chi connectivity index (χ2n) is 6.49. The molecule has 6 heteroatoms. The van der Waals surface area contributed by atoms with Gasteiger partial charge in [0.05, 0.1) is 12.9 Å². The Morgan fingerprint density at radius 2 is 1.83 bits per heavy atom. The molecular weight excluding hydrogens is 368 g/mol. The summed E-state index contributed by atoms with van der Waals surface area (Å²) in [6.07, 6.45) is 2.52. The number of nitrogens with one attached hydrogen (secondary N) is 2. The molecule has 29 heavy (non-hydrogen) atoms. The zero-order chi connectivity index (χ0) is 20.5. The number of furan rings is 1. The summed E-state index contributed by atoms with van der Waals surface area (Å²) in [5.41, 5.74) is 2.63.